The number of benzene rings is 1. The number of nitrogens with zero attached hydrogens (tertiary/aromatic N) is 2. The van der Waals surface area contributed by atoms with Gasteiger partial charge in [0.05, 0.1) is 17.8 Å². The van der Waals surface area contributed by atoms with E-state index < -0.39 is 0 Å². The number of carbonyl (C=O) groups excluding carboxylic acids is 1. The van der Waals surface area contributed by atoms with Gasteiger partial charge in [-0.05, 0) is 24.6 Å². The molecule has 6 heteroatoms. The van der Waals surface area contributed by atoms with Gasteiger partial charge in [-0.25, -0.2) is 4.98 Å². The fraction of sp³-hybridized carbons (Fsp3) is 0.444. The Kier molecular flexibility index (Phi) is 5.16. The smallest absolute Gasteiger partial charge is 0.217 e. The predicted molar refractivity (Wildman–Crippen MR) is 95.5 cm³/mol. The van der Waals surface area contributed by atoms with Gasteiger partial charge >= 0.3 is 0 Å². The number of thiazole rings is 1. The van der Waals surface area contributed by atoms with Crippen LogP contribution in [0.1, 0.15) is 29.1 Å². The van der Waals surface area contributed by atoms with Gasteiger partial charge in [-0.2, -0.15) is 0 Å². The van der Waals surface area contributed by atoms with Crippen LogP contribution in [-0.2, 0) is 11.3 Å². The zero-order valence-electron chi connectivity index (χ0n) is 14.3. The Balaban J connectivity index is 1.75. The average molecular weight is 345 g/mol. The summed E-state index contributed by atoms with van der Waals surface area (Å²) in [4.78, 5) is 18.5. The standard InChI is InChI=1S/C18H23N3O2S/c1-12(22)19-18-10-21(8-15-11-24-13(2)20-15)9-17(18)14-4-6-16(23-3)7-5-14/h4-7,11,17-18H,8-10H2,1-3H3,(H,19,22)/t17-,18+/m0/s1. The van der Waals surface area contributed by atoms with Crippen LogP contribution in [-0.4, -0.2) is 42.0 Å². The molecule has 128 valence electrons. The van der Waals surface area contributed by atoms with E-state index in [1.165, 1.54) is 5.56 Å². The van der Waals surface area contributed by atoms with Crippen LogP contribution >= 0.6 is 11.3 Å². The van der Waals surface area contributed by atoms with Crippen molar-refractivity contribution in [3.63, 3.8) is 0 Å². The van der Waals surface area contributed by atoms with Crippen molar-refractivity contribution in [3.8, 4) is 5.75 Å². The molecule has 1 N–H and O–H groups in total. The summed E-state index contributed by atoms with van der Waals surface area (Å²) in [6, 6.07) is 8.26. The maximum Gasteiger partial charge on any atom is 0.217 e. The molecule has 1 saturated heterocycles. The van der Waals surface area contributed by atoms with Crippen LogP contribution in [0, 0.1) is 6.92 Å². The highest BCUT2D eigenvalue weighted by Gasteiger charge is 2.34. The van der Waals surface area contributed by atoms with E-state index in [1.807, 2.05) is 19.1 Å². The first-order chi connectivity index (χ1) is 11.5. The van der Waals surface area contributed by atoms with Crippen molar-refractivity contribution in [2.24, 2.45) is 0 Å². The number of nitrogens with one attached hydrogen (secondary N) is 1. The monoisotopic (exact) mass is 345 g/mol. The normalized spacial score (nSPS) is 21.0. The van der Waals surface area contributed by atoms with Gasteiger partial charge in [0, 0.05) is 43.9 Å². The lowest BCUT2D eigenvalue weighted by molar-refractivity contribution is -0.119. The lowest BCUT2D eigenvalue weighted by Crippen LogP contribution is -2.38. The number of carbonyl (C=O) groups is 1. The van der Waals surface area contributed by atoms with E-state index in [0.717, 1.165) is 36.1 Å². The molecule has 1 aromatic carbocycles. The minimum atomic E-state index is 0.0184. The van der Waals surface area contributed by atoms with Gasteiger partial charge in [0.1, 0.15) is 5.75 Å². The molecular formula is C18H23N3O2S. The zero-order valence-corrected chi connectivity index (χ0v) is 15.1. The van der Waals surface area contributed by atoms with Crippen LogP contribution in [0.4, 0.5) is 0 Å². The summed E-state index contributed by atoms with van der Waals surface area (Å²) in [6.45, 7) is 6.18. The van der Waals surface area contributed by atoms with Gasteiger partial charge in [-0.15, -0.1) is 11.3 Å². The molecule has 1 aliphatic rings. The molecule has 2 aromatic rings. The summed E-state index contributed by atoms with van der Waals surface area (Å²) in [6.07, 6.45) is 0. The molecule has 0 saturated carbocycles. The number of hydrogen-bond acceptors (Lipinski definition) is 5. The summed E-state index contributed by atoms with van der Waals surface area (Å²) < 4.78 is 5.24. The Morgan fingerprint density at radius 3 is 2.71 bits per heavy atom. The molecule has 0 unspecified atom stereocenters. The molecule has 0 spiro atoms. The van der Waals surface area contributed by atoms with Crippen LogP contribution in [0.2, 0.25) is 0 Å². The van der Waals surface area contributed by atoms with E-state index in [9.17, 15) is 4.79 Å². The fourth-order valence-corrected chi connectivity index (χ4v) is 3.92. The molecule has 1 aliphatic heterocycles. The van der Waals surface area contributed by atoms with E-state index >= 15 is 0 Å². The van der Waals surface area contributed by atoms with Gasteiger partial charge in [0.2, 0.25) is 5.91 Å². The molecule has 2 heterocycles. The molecule has 1 amide bonds. The number of methoxy groups -OCH3 is 1. The van der Waals surface area contributed by atoms with E-state index in [-0.39, 0.29) is 17.9 Å². The van der Waals surface area contributed by atoms with Crippen LogP contribution in [0.3, 0.4) is 0 Å². The van der Waals surface area contributed by atoms with E-state index in [1.54, 1.807) is 25.4 Å². The highest BCUT2D eigenvalue weighted by molar-refractivity contribution is 7.09. The van der Waals surface area contributed by atoms with Crippen LogP contribution < -0.4 is 10.1 Å². The van der Waals surface area contributed by atoms with Crippen LogP contribution in [0.5, 0.6) is 5.75 Å². The molecule has 1 fully saturated rings. The van der Waals surface area contributed by atoms with Gasteiger partial charge in [-0.1, -0.05) is 12.1 Å². The topological polar surface area (TPSA) is 54.5 Å². The SMILES string of the molecule is COc1ccc([C@@H]2CN(Cc3csc(C)n3)C[C@H]2NC(C)=O)cc1. The highest BCUT2D eigenvalue weighted by atomic mass is 32.1. The lowest BCUT2D eigenvalue weighted by atomic mass is 9.94. The van der Waals surface area contributed by atoms with E-state index in [2.05, 4.69) is 32.7 Å². The van der Waals surface area contributed by atoms with Crippen molar-refractivity contribution in [2.75, 3.05) is 20.2 Å². The van der Waals surface area contributed by atoms with Crippen molar-refractivity contribution in [3.05, 3.63) is 45.9 Å². The Labute approximate surface area is 146 Å². The lowest BCUT2D eigenvalue weighted by Gasteiger charge is -2.19. The summed E-state index contributed by atoms with van der Waals surface area (Å²) in [5.41, 5.74) is 2.33. The minimum Gasteiger partial charge on any atom is -0.497 e. The maximum atomic E-state index is 11.6. The van der Waals surface area contributed by atoms with E-state index in [0.29, 0.717) is 0 Å². The Hall–Kier alpha value is -1.92. The van der Waals surface area contributed by atoms with Crippen molar-refractivity contribution in [1.29, 1.82) is 0 Å². The first-order valence-electron chi connectivity index (χ1n) is 8.09. The molecule has 0 bridgehead atoms. The molecule has 3 rings (SSSR count). The van der Waals surface area contributed by atoms with Crippen molar-refractivity contribution >= 4 is 17.2 Å². The fourth-order valence-electron chi connectivity index (χ4n) is 3.32. The Morgan fingerprint density at radius 2 is 2.12 bits per heavy atom. The van der Waals surface area contributed by atoms with Crippen molar-refractivity contribution < 1.29 is 9.53 Å². The first-order valence-corrected chi connectivity index (χ1v) is 8.97. The van der Waals surface area contributed by atoms with Crippen LogP contribution in [0.15, 0.2) is 29.6 Å². The van der Waals surface area contributed by atoms with Crippen LogP contribution in [0.25, 0.3) is 0 Å². The molecule has 0 aliphatic carbocycles. The average Bonchev–Trinajstić information content (AvgIpc) is 3.13. The number of hydrogen-bond donors (Lipinski definition) is 1. The number of aromatic nitrogens is 1. The first kappa shape index (κ1) is 16.9. The summed E-state index contributed by atoms with van der Waals surface area (Å²) >= 11 is 1.68. The van der Waals surface area contributed by atoms with Gasteiger partial charge in [0.15, 0.2) is 0 Å². The second kappa shape index (κ2) is 7.32. The van der Waals surface area contributed by atoms with Gasteiger partial charge in [0.25, 0.3) is 0 Å². The summed E-state index contributed by atoms with van der Waals surface area (Å²) in [5, 5.41) is 6.32. The number of likely N-dealkylation sites (tertiary alicyclic amines) is 1. The van der Waals surface area contributed by atoms with E-state index in [4.69, 9.17) is 4.74 Å². The molecule has 0 radical (unpaired) electrons. The predicted octanol–water partition coefficient (Wildman–Crippen LogP) is 2.56. The third kappa shape index (κ3) is 3.94. The molecular weight excluding hydrogens is 322 g/mol. The Morgan fingerprint density at radius 1 is 1.38 bits per heavy atom. The largest absolute Gasteiger partial charge is 0.497 e. The van der Waals surface area contributed by atoms with Crippen molar-refractivity contribution in [2.45, 2.75) is 32.4 Å². The Bertz CT molecular complexity index is 699. The quantitative estimate of drug-likeness (QED) is 0.905. The second-order valence-electron chi connectivity index (χ2n) is 6.24. The highest BCUT2D eigenvalue weighted by Crippen LogP contribution is 2.30. The number of aryl methyl sites for hydroxylation is 1. The third-order valence-electron chi connectivity index (χ3n) is 4.38. The molecule has 2 atom stereocenters. The van der Waals surface area contributed by atoms with Gasteiger partial charge in [-0.3, -0.25) is 9.69 Å². The molecule has 1 aromatic heterocycles. The molecule has 24 heavy (non-hydrogen) atoms. The maximum absolute atomic E-state index is 11.6. The minimum absolute atomic E-state index is 0.0184. The number of amides is 1. The summed E-state index contributed by atoms with van der Waals surface area (Å²) in [5.74, 6) is 1.15. The summed E-state index contributed by atoms with van der Waals surface area (Å²) in [7, 11) is 1.67. The second-order valence-corrected chi connectivity index (χ2v) is 7.30. The number of ether oxygens (including phenoxy) is 1. The zero-order chi connectivity index (χ0) is 17.1. The van der Waals surface area contributed by atoms with Crippen molar-refractivity contribution in [1.82, 2.24) is 15.2 Å². The number of rotatable bonds is 5. The third-order valence-corrected chi connectivity index (χ3v) is 5.20. The van der Waals surface area contributed by atoms with Gasteiger partial charge < -0.3 is 10.1 Å². The molecule has 5 nitrogen and oxygen atoms in total.